The third-order valence-electron chi connectivity index (χ3n) is 3.67. The number of hydrogen-bond donors (Lipinski definition) is 4. The maximum atomic E-state index is 11.5. The van der Waals surface area contributed by atoms with E-state index in [1.54, 1.807) is 0 Å². The Morgan fingerprint density at radius 1 is 0.741 bits per heavy atom. The molecule has 0 saturated heterocycles. The highest BCUT2D eigenvalue weighted by molar-refractivity contribution is 7.86. The van der Waals surface area contributed by atoms with Gasteiger partial charge in [-0.25, -0.2) is 0 Å². The van der Waals surface area contributed by atoms with Crippen molar-refractivity contribution in [1.82, 2.24) is 0 Å². The summed E-state index contributed by atoms with van der Waals surface area (Å²) in [5.41, 5.74) is -0.129. The fourth-order valence-electron chi connectivity index (χ4n) is 2.39. The lowest BCUT2D eigenvalue weighted by molar-refractivity contribution is 0.389. The molecule has 0 atom stereocenters. The number of methoxy groups -OCH3 is 2. The molecule has 0 aliphatic heterocycles. The Hall–Kier alpha value is -2.54. The van der Waals surface area contributed by atoms with E-state index in [4.69, 9.17) is 9.47 Å². The van der Waals surface area contributed by atoms with Crippen molar-refractivity contribution in [1.29, 1.82) is 0 Å². The molecule has 12 heteroatoms. The van der Waals surface area contributed by atoms with E-state index in [0.717, 1.165) is 38.5 Å². The van der Waals surface area contributed by atoms with E-state index in [-0.39, 0.29) is 29.0 Å². The molecule has 0 radical (unpaired) electrons. The minimum absolute atomic E-state index is 0.0646. The van der Waals surface area contributed by atoms with Gasteiger partial charge in [0.25, 0.3) is 20.2 Å². The molecule has 0 aliphatic rings. The van der Waals surface area contributed by atoms with Gasteiger partial charge in [-0.2, -0.15) is 16.8 Å². The summed E-state index contributed by atoms with van der Waals surface area (Å²) >= 11 is 0. The minimum Gasteiger partial charge on any atom is -0.508 e. The number of aromatic hydroxyl groups is 2. The van der Waals surface area contributed by atoms with Gasteiger partial charge in [0.2, 0.25) is 0 Å². The van der Waals surface area contributed by atoms with Crippen molar-refractivity contribution in [2.45, 2.75) is 16.2 Å². The van der Waals surface area contributed by atoms with Crippen LogP contribution in [0.25, 0.3) is 0 Å². The fourth-order valence-corrected chi connectivity index (χ4v) is 3.77. The number of benzene rings is 2. The summed E-state index contributed by atoms with van der Waals surface area (Å²) in [5, 5.41) is 20.1. The first-order valence-corrected chi connectivity index (χ1v) is 10.0. The Balaban J connectivity index is 2.64. The number of phenolic OH excluding ortho intramolecular Hbond substituents is 2. The standard InChI is InChI=1S/C15H16O10S2/c1-24-12-6-10(16)8(4-14(12)26(18,19)20)3-9-5-15(27(21,22)23)13(25-2)7-11(9)17/h4-7,16-17H,3H2,1-2H3,(H,18,19,20)(H,21,22,23). The van der Waals surface area contributed by atoms with Crippen LogP contribution in [0.15, 0.2) is 34.1 Å². The molecule has 2 rings (SSSR count). The van der Waals surface area contributed by atoms with E-state index in [0.29, 0.717) is 0 Å². The molecule has 0 saturated carbocycles. The van der Waals surface area contributed by atoms with Crippen molar-refractivity contribution in [3.8, 4) is 23.0 Å². The molecule has 2 aromatic carbocycles. The van der Waals surface area contributed by atoms with Crippen LogP contribution in [-0.4, -0.2) is 50.4 Å². The summed E-state index contributed by atoms with van der Waals surface area (Å²) < 4.78 is 74.1. The van der Waals surface area contributed by atoms with Crippen LogP contribution in [-0.2, 0) is 26.7 Å². The Morgan fingerprint density at radius 3 is 1.33 bits per heavy atom. The Kier molecular flexibility index (Phi) is 5.56. The van der Waals surface area contributed by atoms with Crippen LogP contribution < -0.4 is 9.47 Å². The van der Waals surface area contributed by atoms with Crippen molar-refractivity contribution in [3.63, 3.8) is 0 Å². The van der Waals surface area contributed by atoms with Gasteiger partial charge in [0.15, 0.2) is 0 Å². The molecule has 148 valence electrons. The van der Waals surface area contributed by atoms with Crippen LogP contribution in [0.5, 0.6) is 23.0 Å². The predicted octanol–water partition coefficient (Wildman–Crippen LogP) is 1.20. The molecule has 2 aromatic rings. The predicted molar refractivity (Wildman–Crippen MR) is 91.8 cm³/mol. The van der Waals surface area contributed by atoms with Crippen molar-refractivity contribution < 1.29 is 45.6 Å². The first-order chi connectivity index (χ1) is 12.4. The largest absolute Gasteiger partial charge is 0.508 e. The van der Waals surface area contributed by atoms with Crippen LogP contribution in [0.1, 0.15) is 11.1 Å². The molecule has 10 nitrogen and oxygen atoms in total. The summed E-state index contributed by atoms with van der Waals surface area (Å²) in [6.07, 6.45) is -0.337. The normalized spacial score (nSPS) is 12.0. The van der Waals surface area contributed by atoms with Crippen LogP contribution in [0.2, 0.25) is 0 Å². The SMILES string of the molecule is COc1cc(O)c(Cc2cc(S(=O)(=O)O)c(OC)cc2O)cc1S(=O)(=O)O. The van der Waals surface area contributed by atoms with E-state index in [9.17, 15) is 36.2 Å². The molecule has 0 amide bonds. The zero-order valence-electron chi connectivity index (χ0n) is 14.1. The van der Waals surface area contributed by atoms with Gasteiger partial charge in [-0.3, -0.25) is 9.11 Å². The summed E-state index contributed by atoms with van der Waals surface area (Å²) in [6, 6.07) is 3.73. The Morgan fingerprint density at radius 2 is 1.07 bits per heavy atom. The fraction of sp³-hybridized carbons (Fsp3) is 0.200. The summed E-state index contributed by atoms with van der Waals surface area (Å²) in [4.78, 5) is -1.25. The molecule has 0 aliphatic carbocycles. The maximum Gasteiger partial charge on any atom is 0.298 e. The Labute approximate surface area is 155 Å². The van der Waals surface area contributed by atoms with E-state index in [1.807, 2.05) is 0 Å². The first kappa shape index (κ1) is 20.8. The minimum atomic E-state index is -4.68. The van der Waals surface area contributed by atoms with Gasteiger partial charge in [0.05, 0.1) is 14.2 Å². The quantitative estimate of drug-likeness (QED) is 0.498. The second kappa shape index (κ2) is 7.23. The zero-order valence-corrected chi connectivity index (χ0v) is 15.7. The molecular weight excluding hydrogens is 404 g/mol. The van der Waals surface area contributed by atoms with Crippen molar-refractivity contribution >= 4 is 20.2 Å². The van der Waals surface area contributed by atoms with Crippen LogP contribution >= 0.6 is 0 Å². The van der Waals surface area contributed by atoms with Gasteiger partial charge in [0.1, 0.15) is 32.8 Å². The molecule has 0 unspecified atom stereocenters. The second-order valence-electron chi connectivity index (χ2n) is 5.39. The monoisotopic (exact) mass is 420 g/mol. The van der Waals surface area contributed by atoms with E-state index in [2.05, 4.69) is 0 Å². The van der Waals surface area contributed by atoms with E-state index < -0.39 is 41.5 Å². The molecule has 27 heavy (non-hydrogen) atoms. The van der Waals surface area contributed by atoms with Crippen LogP contribution in [0, 0.1) is 0 Å². The highest BCUT2D eigenvalue weighted by Gasteiger charge is 2.23. The van der Waals surface area contributed by atoms with Gasteiger partial charge < -0.3 is 19.7 Å². The summed E-state index contributed by atoms with van der Waals surface area (Å²) in [6.45, 7) is 0. The molecule has 0 bridgehead atoms. The highest BCUT2D eigenvalue weighted by Crippen LogP contribution is 2.36. The van der Waals surface area contributed by atoms with Crippen LogP contribution in [0.4, 0.5) is 0 Å². The lowest BCUT2D eigenvalue weighted by atomic mass is 10.0. The molecule has 0 fully saturated rings. The van der Waals surface area contributed by atoms with Crippen molar-refractivity contribution in [3.05, 3.63) is 35.4 Å². The van der Waals surface area contributed by atoms with Gasteiger partial charge in [-0.1, -0.05) is 0 Å². The molecule has 0 spiro atoms. The van der Waals surface area contributed by atoms with Gasteiger partial charge in [-0.15, -0.1) is 0 Å². The second-order valence-corrected chi connectivity index (χ2v) is 8.17. The lowest BCUT2D eigenvalue weighted by Gasteiger charge is -2.14. The first-order valence-electron chi connectivity index (χ1n) is 7.13. The van der Waals surface area contributed by atoms with Crippen molar-refractivity contribution in [2.75, 3.05) is 14.2 Å². The topological polar surface area (TPSA) is 168 Å². The number of rotatable bonds is 6. The van der Waals surface area contributed by atoms with Gasteiger partial charge >= 0.3 is 0 Å². The van der Waals surface area contributed by atoms with Crippen molar-refractivity contribution in [2.24, 2.45) is 0 Å². The number of ether oxygens (including phenoxy) is 2. The highest BCUT2D eigenvalue weighted by atomic mass is 32.2. The third kappa shape index (κ3) is 4.42. The third-order valence-corrected chi connectivity index (χ3v) is 5.42. The zero-order chi connectivity index (χ0) is 20.6. The van der Waals surface area contributed by atoms with E-state index in [1.165, 1.54) is 0 Å². The number of hydrogen-bond acceptors (Lipinski definition) is 8. The van der Waals surface area contributed by atoms with Crippen LogP contribution in [0.3, 0.4) is 0 Å². The van der Waals surface area contributed by atoms with Gasteiger partial charge in [-0.05, 0) is 12.1 Å². The molecule has 0 aromatic heterocycles. The summed E-state index contributed by atoms with van der Waals surface area (Å²) in [5.74, 6) is -1.47. The summed E-state index contributed by atoms with van der Waals surface area (Å²) in [7, 11) is -7.10. The maximum absolute atomic E-state index is 11.5. The molecular formula is C15H16O10S2. The average molecular weight is 420 g/mol. The van der Waals surface area contributed by atoms with E-state index >= 15 is 0 Å². The number of phenols is 2. The Bertz CT molecular complexity index is 1000. The van der Waals surface area contributed by atoms with Gasteiger partial charge in [0, 0.05) is 29.7 Å². The lowest BCUT2D eigenvalue weighted by Crippen LogP contribution is -2.05. The smallest absolute Gasteiger partial charge is 0.298 e. The molecule has 4 N–H and O–H groups in total. The molecule has 0 heterocycles. The average Bonchev–Trinajstić information content (AvgIpc) is 2.55.